The zero-order valence-electron chi connectivity index (χ0n) is 21.2. The fourth-order valence-electron chi connectivity index (χ4n) is 5.30. The van der Waals surface area contributed by atoms with Crippen LogP contribution >= 0.6 is 11.3 Å². The van der Waals surface area contributed by atoms with Crippen LogP contribution in [0.2, 0.25) is 0 Å². The molecule has 8 nitrogen and oxygen atoms in total. The van der Waals surface area contributed by atoms with Gasteiger partial charge in [-0.1, -0.05) is 48.5 Å². The molecule has 1 atom stereocenters. The highest BCUT2D eigenvalue weighted by atomic mass is 32.1. The number of aromatic carboxylic acids is 3. The number of carboxylic acids is 3. The van der Waals surface area contributed by atoms with Crippen molar-refractivity contribution >= 4 is 35.2 Å². The number of carboxylic acid groups (broad SMARTS) is 3. The molecule has 0 radical (unpaired) electrons. The fraction of sp³-hybridized carbons (Fsp3) is 0.161. The summed E-state index contributed by atoms with van der Waals surface area (Å²) >= 11 is 1.59. The number of thiophene rings is 1. The van der Waals surface area contributed by atoms with Gasteiger partial charge in [0, 0.05) is 11.4 Å². The lowest BCUT2D eigenvalue weighted by atomic mass is 9.86. The van der Waals surface area contributed by atoms with E-state index >= 15 is 0 Å². The van der Waals surface area contributed by atoms with Crippen LogP contribution in [-0.4, -0.2) is 44.0 Å². The van der Waals surface area contributed by atoms with Crippen molar-refractivity contribution in [3.05, 3.63) is 117 Å². The highest BCUT2D eigenvalue weighted by Crippen LogP contribution is 2.37. The van der Waals surface area contributed by atoms with Crippen LogP contribution in [0.1, 0.15) is 77.0 Å². The summed E-state index contributed by atoms with van der Waals surface area (Å²) in [6.45, 7) is 0.138. The van der Waals surface area contributed by atoms with E-state index in [0.29, 0.717) is 6.42 Å². The van der Waals surface area contributed by atoms with E-state index in [2.05, 4.69) is 0 Å². The molecule has 0 fully saturated rings. The van der Waals surface area contributed by atoms with Crippen LogP contribution in [-0.2, 0) is 13.0 Å². The number of hydrogen-bond donors (Lipinski definition) is 3. The summed E-state index contributed by atoms with van der Waals surface area (Å²) in [6.07, 6.45) is 2.29. The summed E-state index contributed by atoms with van der Waals surface area (Å²) in [7, 11) is 0. The standard InChI is InChI=1S/C31H25NO7S/c33-28(22-15-24(30(36)37)25(31(38)39)16-23(22)29(34)35)32(26-11-4-8-19-7-1-2-10-21(19)26)17-18-6-3-9-20(14-18)27-12-5-13-40-27/h1-3,5-7,9-10,12-16,26H,4,8,11,17H2,(H,34,35)(H,36,37)(H,38,39). The molecular weight excluding hydrogens is 530 g/mol. The van der Waals surface area contributed by atoms with Gasteiger partial charge in [-0.05, 0) is 71.2 Å². The average Bonchev–Trinajstić information content (AvgIpc) is 3.50. The van der Waals surface area contributed by atoms with Gasteiger partial charge >= 0.3 is 17.9 Å². The SMILES string of the molecule is O=C(O)c1cc(C(=O)O)c(C(=O)N(Cc2cccc(-c3cccs3)c2)C2CCCc3ccccc32)cc1C(=O)O. The molecule has 3 N–H and O–H groups in total. The summed E-state index contributed by atoms with van der Waals surface area (Å²) in [5, 5.41) is 31.1. The van der Waals surface area contributed by atoms with E-state index in [9.17, 15) is 34.5 Å². The van der Waals surface area contributed by atoms with Gasteiger partial charge in [-0.25, -0.2) is 14.4 Å². The fourth-order valence-corrected chi connectivity index (χ4v) is 6.02. The minimum Gasteiger partial charge on any atom is -0.478 e. The van der Waals surface area contributed by atoms with Crippen molar-refractivity contribution < 1.29 is 34.5 Å². The number of nitrogens with zero attached hydrogens (tertiary/aromatic N) is 1. The van der Waals surface area contributed by atoms with E-state index < -0.39 is 46.5 Å². The Bertz CT molecular complexity index is 1630. The van der Waals surface area contributed by atoms with Crippen LogP contribution in [0.15, 0.2) is 78.2 Å². The summed E-state index contributed by atoms with van der Waals surface area (Å²) in [6, 6.07) is 20.7. The normalized spacial score (nSPS) is 14.2. The predicted octanol–water partition coefficient (Wildman–Crippen LogP) is 6.23. The number of rotatable bonds is 8. The average molecular weight is 556 g/mol. The minimum atomic E-state index is -1.60. The quantitative estimate of drug-likeness (QED) is 0.235. The Kier molecular flexibility index (Phi) is 7.48. The van der Waals surface area contributed by atoms with Crippen molar-refractivity contribution in [2.45, 2.75) is 31.8 Å². The third-order valence-electron chi connectivity index (χ3n) is 7.14. The predicted molar refractivity (Wildman–Crippen MR) is 149 cm³/mol. The lowest BCUT2D eigenvalue weighted by molar-refractivity contribution is 0.0611. The number of benzene rings is 3. The van der Waals surface area contributed by atoms with Crippen LogP contribution in [0.3, 0.4) is 0 Å². The molecule has 1 aromatic heterocycles. The van der Waals surface area contributed by atoms with E-state index in [0.717, 1.165) is 52.1 Å². The van der Waals surface area contributed by atoms with Crippen LogP contribution in [0.25, 0.3) is 10.4 Å². The first-order valence-corrected chi connectivity index (χ1v) is 13.5. The molecule has 4 aromatic rings. The Morgan fingerprint density at radius 3 is 2.12 bits per heavy atom. The highest BCUT2D eigenvalue weighted by molar-refractivity contribution is 7.13. The minimum absolute atomic E-state index is 0.138. The van der Waals surface area contributed by atoms with Gasteiger partial charge in [-0.15, -0.1) is 11.3 Å². The second-order valence-corrected chi connectivity index (χ2v) is 10.5. The van der Waals surface area contributed by atoms with Crippen LogP contribution in [0.4, 0.5) is 0 Å². The van der Waals surface area contributed by atoms with Gasteiger partial charge in [0.15, 0.2) is 0 Å². The third kappa shape index (κ3) is 5.23. The molecule has 3 aromatic carbocycles. The number of carbonyl (C=O) groups is 4. The summed E-state index contributed by atoms with van der Waals surface area (Å²) in [4.78, 5) is 52.8. The van der Waals surface area contributed by atoms with E-state index in [1.165, 1.54) is 0 Å². The summed E-state index contributed by atoms with van der Waals surface area (Å²) in [5.74, 6) is -5.37. The van der Waals surface area contributed by atoms with Gasteiger partial charge in [0.25, 0.3) is 5.91 Å². The Morgan fingerprint density at radius 2 is 1.45 bits per heavy atom. The summed E-state index contributed by atoms with van der Waals surface area (Å²) in [5.41, 5.74) is 1.57. The molecule has 1 aliphatic rings. The van der Waals surface area contributed by atoms with Gasteiger partial charge < -0.3 is 20.2 Å². The number of amides is 1. The molecule has 0 saturated heterocycles. The molecule has 40 heavy (non-hydrogen) atoms. The second-order valence-electron chi connectivity index (χ2n) is 9.58. The number of fused-ring (bicyclic) bond motifs is 1. The topological polar surface area (TPSA) is 132 Å². The van der Waals surface area contributed by atoms with Gasteiger partial charge in [-0.2, -0.15) is 0 Å². The maximum atomic E-state index is 14.3. The van der Waals surface area contributed by atoms with E-state index in [-0.39, 0.29) is 12.1 Å². The molecule has 1 aliphatic carbocycles. The Morgan fingerprint density at radius 1 is 0.775 bits per heavy atom. The lowest BCUT2D eigenvalue weighted by Gasteiger charge is -2.36. The first kappa shape index (κ1) is 26.8. The monoisotopic (exact) mass is 555 g/mol. The van der Waals surface area contributed by atoms with Crippen molar-refractivity contribution in [3.8, 4) is 10.4 Å². The van der Waals surface area contributed by atoms with Gasteiger partial charge in [0.2, 0.25) is 0 Å². The zero-order chi connectivity index (χ0) is 28.4. The molecule has 202 valence electrons. The van der Waals surface area contributed by atoms with E-state index in [1.54, 1.807) is 16.2 Å². The summed E-state index contributed by atoms with van der Waals surface area (Å²) < 4.78 is 0. The van der Waals surface area contributed by atoms with Crippen LogP contribution in [0, 0.1) is 0 Å². The molecule has 0 saturated carbocycles. The maximum absolute atomic E-state index is 14.3. The molecular formula is C31H25NO7S. The number of aryl methyl sites for hydroxylation is 1. The number of hydrogen-bond acceptors (Lipinski definition) is 5. The van der Waals surface area contributed by atoms with E-state index in [4.69, 9.17) is 0 Å². The van der Waals surface area contributed by atoms with Gasteiger partial charge in [0.1, 0.15) is 0 Å². The molecule has 0 bridgehead atoms. The molecule has 9 heteroatoms. The third-order valence-corrected chi connectivity index (χ3v) is 8.06. The zero-order valence-corrected chi connectivity index (χ0v) is 22.1. The smallest absolute Gasteiger partial charge is 0.336 e. The van der Waals surface area contributed by atoms with Crippen molar-refractivity contribution in [1.82, 2.24) is 4.90 Å². The molecule has 0 spiro atoms. The van der Waals surface area contributed by atoms with E-state index in [1.807, 2.05) is 66.0 Å². The van der Waals surface area contributed by atoms with Crippen LogP contribution in [0.5, 0.6) is 0 Å². The van der Waals surface area contributed by atoms with Gasteiger partial charge in [0.05, 0.1) is 28.3 Å². The lowest BCUT2D eigenvalue weighted by Crippen LogP contribution is -2.37. The van der Waals surface area contributed by atoms with Gasteiger partial charge in [-0.3, -0.25) is 4.79 Å². The Balaban J connectivity index is 1.65. The van der Waals surface area contributed by atoms with Crippen molar-refractivity contribution in [1.29, 1.82) is 0 Å². The Labute approximate surface area is 233 Å². The highest BCUT2D eigenvalue weighted by Gasteiger charge is 2.33. The first-order chi connectivity index (χ1) is 19.2. The molecule has 0 aliphatic heterocycles. The second kappa shape index (κ2) is 11.2. The molecule has 5 rings (SSSR count). The van der Waals surface area contributed by atoms with Crippen molar-refractivity contribution in [3.63, 3.8) is 0 Å². The number of carbonyl (C=O) groups excluding carboxylic acids is 1. The first-order valence-electron chi connectivity index (χ1n) is 12.6. The van der Waals surface area contributed by atoms with Crippen molar-refractivity contribution in [2.24, 2.45) is 0 Å². The molecule has 1 amide bonds. The maximum Gasteiger partial charge on any atom is 0.336 e. The molecule has 1 heterocycles. The van der Waals surface area contributed by atoms with Crippen LogP contribution < -0.4 is 0 Å². The van der Waals surface area contributed by atoms with Crippen molar-refractivity contribution in [2.75, 3.05) is 0 Å². The Hall–Kier alpha value is -4.76. The largest absolute Gasteiger partial charge is 0.478 e. The molecule has 1 unspecified atom stereocenters.